The van der Waals surface area contributed by atoms with Crippen LogP contribution < -0.4 is 10.6 Å². The Balaban J connectivity index is 1.81. The van der Waals surface area contributed by atoms with E-state index in [0.717, 1.165) is 13.1 Å². The maximum absolute atomic E-state index is 12.3. The van der Waals surface area contributed by atoms with Crippen LogP contribution in [0.1, 0.15) is 21.5 Å². The van der Waals surface area contributed by atoms with Gasteiger partial charge in [0.1, 0.15) is 0 Å². The van der Waals surface area contributed by atoms with Gasteiger partial charge < -0.3 is 15.5 Å². The molecule has 2 heterocycles. The van der Waals surface area contributed by atoms with E-state index >= 15 is 0 Å². The maximum Gasteiger partial charge on any atom is 0.254 e. The van der Waals surface area contributed by atoms with Crippen LogP contribution in [0.25, 0.3) is 0 Å². The van der Waals surface area contributed by atoms with E-state index in [2.05, 4.69) is 10.6 Å². The Morgan fingerprint density at radius 2 is 2.06 bits per heavy atom. The number of benzene rings is 1. The van der Waals surface area contributed by atoms with Crippen molar-refractivity contribution in [1.29, 1.82) is 0 Å². The number of nitrogens with zero attached hydrogens (tertiary/aromatic N) is 1. The van der Waals surface area contributed by atoms with Gasteiger partial charge >= 0.3 is 0 Å². The van der Waals surface area contributed by atoms with Gasteiger partial charge in [0, 0.05) is 31.7 Å². The van der Waals surface area contributed by atoms with Crippen LogP contribution in [0, 0.1) is 0 Å². The summed E-state index contributed by atoms with van der Waals surface area (Å²) in [5, 5.41) is 5.97. The number of hydrogen-bond acceptors (Lipinski definition) is 3. The van der Waals surface area contributed by atoms with E-state index in [4.69, 9.17) is 0 Å². The second-order valence-corrected chi connectivity index (χ2v) is 4.66. The molecule has 0 unspecified atom stereocenters. The molecule has 2 aliphatic rings. The minimum atomic E-state index is -0.0857. The summed E-state index contributed by atoms with van der Waals surface area (Å²) >= 11 is 0. The predicted octanol–water partition coefficient (Wildman–Crippen LogP) is -0.138. The molecule has 0 spiro atoms. The molecule has 1 fully saturated rings. The normalized spacial score (nSPS) is 18.4. The highest BCUT2D eigenvalue weighted by atomic mass is 16.2. The second kappa shape index (κ2) is 4.42. The SMILES string of the molecule is O=C1CN(C(=O)c2ccc3c(c2)CNC3)CCN1. The van der Waals surface area contributed by atoms with Gasteiger partial charge in [-0.05, 0) is 23.3 Å². The fourth-order valence-electron chi connectivity index (χ4n) is 2.42. The highest BCUT2D eigenvalue weighted by molar-refractivity contribution is 5.97. The van der Waals surface area contributed by atoms with Crippen molar-refractivity contribution in [3.8, 4) is 0 Å². The molecule has 0 saturated carbocycles. The summed E-state index contributed by atoms with van der Waals surface area (Å²) in [5.41, 5.74) is 3.11. The van der Waals surface area contributed by atoms with Crippen molar-refractivity contribution < 1.29 is 9.59 Å². The van der Waals surface area contributed by atoms with E-state index in [0.29, 0.717) is 18.7 Å². The lowest BCUT2D eigenvalue weighted by atomic mass is 10.1. The topological polar surface area (TPSA) is 61.4 Å². The van der Waals surface area contributed by atoms with Gasteiger partial charge in [-0.3, -0.25) is 9.59 Å². The Morgan fingerprint density at radius 3 is 2.89 bits per heavy atom. The maximum atomic E-state index is 12.3. The second-order valence-electron chi connectivity index (χ2n) is 4.66. The molecule has 1 aromatic rings. The van der Waals surface area contributed by atoms with Crippen LogP contribution >= 0.6 is 0 Å². The molecule has 0 aliphatic carbocycles. The molecule has 0 bridgehead atoms. The van der Waals surface area contributed by atoms with Gasteiger partial charge in [-0.15, -0.1) is 0 Å². The average Bonchev–Trinajstić information content (AvgIpc) is 2.85. The molecule has 1 aromatic carbocycles. The van der Waals surface area contributed by atoms with Crippen molar-refractivity contribution in [2.75, 3.05) is 19.6 Å². The highest BCUT2D eigenvalue weighted by Gasteiger charge is 2.23. The fraction of sp³-hybridized carbons (Fsp3) is 0.385. The average molecular weight is 245 g/mol. The van der Waals surface area contributed by atoms with Gasteiger partial charge in [0.15, 0.2) is 0 Å². The number of amides is 2. The lowest BCUT2D eigenvalue weighted by molar-refractivity contribution is -0.123. The molecule has 5 heteroatoms. The number of rotatable bonds is 1. The summed E-state index contributed by atoms with van der Waals surface area (Å²) in [5.74, 6) is -0.142. The van der Waals surface area contributed by atoms with Crippen LogP contribution in [0.15, 0.2) is 18.2 Å². The molecule has 0 radical (unpaired) electrons. The van der Waals surface area contributed by atoms with Gasteiger partial charge in [-0.2, -0.15) is 0 Å². The molecule has 18 heavy (non-hydrogen) atoms. The van der Waals surface area contributed by atoms with Crippen molar-refractivity contribution in [3.63, 3.8) is 0 Å². The zero-order valence-corrected chi connectivity index (χ0v) is 10.0. The van der Waals surface area contributed by atoms with Gasteiger partial charge in [-0.25, -0.2) is 0 Å². The molecule has 0 atom stereocenters. The first-order valence-electron chi connectivity index (χ1n) is 6.12. The molecule has 0 aromatic heterocycles. The molecule has 5 nitrogen and oxygen atoms in total. The molecule has 1 saturated heterocycles. The van der Waals surface area contributed by atoms with Crippen molar-refractivity contribution in [2.45, 2.75) is 13.1 Å². The third-order valence-electron chi connectivity index (χ3n) is 3.41. The number of nitrogens with one attached hydrogen (secondary N) is 2. The molecule has 2 amide bonds. The van der Waals surface area contributed by atoms with Crippen LogP contribution in [-0.4, -0.2) is 36.3 Å². The van der Waals surface area contributed by atoms with Crippen molar-refractivity contribution in [2.24, 2.45) is 0 Å². The minimum Gasteiger partial charge on any atom is -0.353 e. The number of carbonyl (C=O) groups is 2. The highest BCUT2D eigenvalue weighted by Crippen LogP contribution is 2.18. The van der Waals surface area contributed by atoms with Crippen molar-refractivity contribution >= 4 is 11.8 Å². The largest absolute Gasteiger partial charge is 0.353 e. The summed E-state index contributed by atoms with van der Waals surface area (Å²) in [7, 11) is 0. The Labute approximate surface area is 105 Å². The van der Waals surface area contributed by atoms with Gasteiger partial charge in [0.25, 0.3) is 5.91 Å². The first kappa shape index (κ1) is 11.2. The summed E-state index contributed by atoms with van der Waals surface area (Å²) < 4.78 is 0. The van der Waals surface area contributed by atoms with Crippen molar-refractivity contribution in [1.82, 2.24) is 15.5 Å². The van der Waals surface area contributed by atoms with E-state index < -0.39 is 0 Å². The molecular formula is C13H15N3O2. The zero-order chi connectivity index (χ0) is 12.5. The van der Waals surface area contributed by atoms with E-state index in [1.54, 1.807) is 4.90 Å². The predicted molar refractivity (Wildman–Crippen MR) is 65.9 cm³/mol. The summed E-state index contributed by atoms with van der Waals surface area (Å²) in [4.78, 5) is 25.2. The van der Waals surface area contributed by atoms with Gasteiger partial charge in [-0.1, -0.05) is 6.07 Å². The van der Waals surface area contributed by atoms with Crippen LogP contribution in [0.5, 0.6) is 0 Å². The van der Waals surface area contributed by atoms with Crippen LogP contribution in [-0.2, 0) is 17.9 Å². The summed E-state index contributed by atoms with van der Waals surface area (Å²) in [6, 6.07) is 5.78. The number of fused-ring (bicyclic) bond motifs is 1. The van der Waals surface area contributed by atoms with E-state index in [-0.39, 0.29) is 18.4 Å². The monoisotopic (exact) mass is 245 g/mol. The van der Waals surface area contributed by atoms with Crippen molar-refractivity contribution in [3.05, 3.63) is 34.9 Å². The van der Waals surface area contributed by atoms with Crippen LogP contribution in [0.2, 0.25) is 0 Å². The lowest BCUT2D eigenvalue weighted by Gasteiger charge is -2.26. The Kier molecular flexibility index (Phi) is 2.76. The first-order chi connectivity index (χ1) is 8.74. The first-order valence-corrected chi connectivity index (χ1v) is 6.12. The van der Waals surface area contributed by atoms with Crippen LogP contribution in [0.4, 0.5) is 0 Å². The molecular weight excluding hydrogens is 230 g/mol. The van der Waals surface area contributed by atoms with Gasteiger partial charge in [0.2, 0.25) is 5.91 Å². The van der Waals surface area contributed by atoms with E-state index in [9.17, 15) is 9.59 Å². The van der Waals surface area contributed by atoms with Crippen LogP contribution in [0.3, 0.4) is 0 Å². The lowest BCUT2D eigenvalue weighted by Crippen LogP contribution is -2.49. The molecule has 94 valence electrons. The number of hydrogen-bond donors (Lipinski definition) is 2. The fourth-order valence-corrected chi connectivity index (χ4v) is 2.42. The van der Waals surface area contributed by atoms with E-state index in [1.807, 2.05) is 18.2 Å². The standard InChI is InChI=1S/C13H15N3O2/c17-12-8-16(4-3-15-12)13(18)9-1-2-10-6-14-7-11(10)5-9/h1-2,5,14H,3-4,6-8H2,(H,15,17). The molecule has 2 aliphatic heterocycles. The number of carbonyl (C=O) groups excluding carboxylic acids is 2. The van der Waals surface area contributed by atoms with E-state index in [1.165, 1.54) is 11.1 Å². The van der Waals surface area contributed by atoms with Gasteiger partial charge in [0.05, 0.1) is 6.54 Å². The Hall–Kier alpha value is -1.88. The molecule has 2 N–H and O–H groups in total. The number of piperazine rings is 1. The summed E-state index contributed by atoms with van der Waals surface area (Å²) in [6.07, 6.45) is 0. The third-order valence-corrected chi connectivity index (χ3v) is 3.41. The molecule has 3 rings (SSSR count). The zero-order valence-electron chi connectivity index (χ0n) is 10.0. The summed E-state index contributed by atoms with van der Waals surface area (Å²) in [6.45, 7) is 2.97. The minimum absolute atomic E-state index is 0.0560. The Bertz CT molecular complexity index is 513. The quantitative estimate of drug-likeness (QED) is 0.724. The smallest absolute Gasteiger partial charge is 0.254 e. The third kappa shape index (κ3) is 1.97. The Morgan fingerprint density at radius 1 is 1.22 bits per heavy atom.